The molecule has 1 aliphatic rings. The van der Waals surface area contributed by atoms with Gasteiger partial charge in [0.2, 0.25) is 0 Å². The summed E-state index contributed by atoms with van der Waals surface area (Å²) in [7, 11) is 0. The highest BCUT2D eigenvalue weighted by Gasteiger charge is 2.51. The second-order valence-corrected chi connectivity index (χ2v) is 5.13. The lowest BCUT2D eigenvalue weighted by molar-refractivity contribution is -0.144. The summed E-state index contributed by atoms with van der Waals surface area (Å²) in [5.41, 5.74) is -0.0128. The van der Waals surface area contributed by atoms with Crippen molar-refractivity contribution >= 4 is 17.6 Å². The van der Waals surface area contributed by atoms with Gasteiger partial charge < -0.3 is 5.11 Å². The first-order chi connectivity index (χ1) is 9.12. The van der Waals surface area contributed by atoms with Gasteiger partial charge in [0, 0.05) is 5.56 Å². The van der Waals surface area contributed by atoms with Crippen molar-refractivity contribution in [2.24, 2.45) is 5.41 Å². The van der Waals surface area contributed by atoms with E-state index in [0.717, 1.165) is 0 Å². The van der Waals surface area contributed by atoms with Crippen LogP contribution in [-0.2, 0) is 11.3 Å². The maximum absolute atomic E-state index is 11.2. The number of hydrogen-bond acceptors (Lipinski definition) is 4. The van der Waals surface area contributed by atoms with Gasteiger partial charge in [-0.2, -0.15) is 0 Å². The monoisotopic (exact) mass is 278 g/mol. The largest absolute Gasteiger partial charge is 0.481 e. The van der Waals surface area contributed by atoms with Crippen LogP contribution in [0.1, 0.15) is 12.8 Å². The van der Waals surface area contributed by atoms with E-state index in [4.69, 9.17) is 11.6 Å². The summed E-state index contributed by atoms with van der Waals surface area (Å²) < 4.78 is 1.52. The molecule has 1 aromatic carbocycles. The van der Waals surface area contributed by atoms with Crippen LogP contribution in [0, 0.1) is 5.41 Å². The third-order valence-corrected chi connectivity index (χ3v) is 3.74. The van der Waals surface area contributed by atoms with Gasteiger partial charge in [-0.1, -0.05) is 23.7 Å². The number of carboxylic acid groups (broad SMARTS) is 1. The first-order valence-electron chi connectivity index (χ1n) is 5.87. The number of carboxylic acids is 1. The number of benzene rings is 1. The van der Waals surface area contributed by atoms with Gasteiger partial charge in [-0.05, 0) is 35.4 Å². The quantitative estimate of drug-likeness (QED) is 0.923. The van der Waals surface area contributed by atoms with Crippen LogP contribution in [0.4, 0.5) is 0 Å². The number of nitrogens with zero attached hydrogens (tertiary/aromatic N) is 4. The molecule has 0 aliphatic heterocycles. The summed E-state index contributed by atoms with van der Waals surface area (Å²) in [6.45, 7) is 0.274. The van der Waals surface area contributed by atoms with E-state index in [-0.39, 0.29) is 6.54 Å². The van der Waals surface area contributed by atoms with Crippen LogP contribution in [0.25, 0.3) is 11.4 Å². The van der Waals surface area contributed by atoms with Crippen molar-refractivity contribution in [3.63, 3.8) is 0 Å². The van der Waals surface area contributed by atoms with E-state index in [0.29, 0.717) is 29.3 Å². The fourth-order valence-electron chi connectivity index (χ4n) is 2.02. The van der Waals surface area contributed by atoms with Gasteiger partial charge in [0.05, 0.1) is 17.0 Å². The Morgan fingerprint density at radius 2 is 2.16 bits per heavy atom. The zero-order valence-electron chi connectivity index (χ0n) is 9.95. The molecule has 0 radical (unpaired) electrons. The maximum atomic E-state index is 11.2. The fourth-order valence-corrected chi connectivity index (χ4v) is 2.24. The Kier molecular flexibility index (Phi) is 2.74. The first kappa shape index (κ1) is 12.1. The minimum atomic E-state index is -0.798. The Hall–Kier alpha value is -1.95. The fraction of sp³-hybridized carbons (Fsp3) is 0.333. The number of halogens is 1. The molecule has 1 fully saturated rings. The standard InChI is InChI=1S/C12H11ClN4O2/c13-9-4-2-1-3-8(9)10-14-15-16-17(10)7-12(5-6-12)11(18)19/h1-4H,5-7H2,(H,18,19). The number of aromatic nitrogens is 4. The molecular weight excluding hydrogens is 268 g/mol. The van der Waals surface area contributed by atoms with E-state index in [2.05, 4.69) is 15.5 Å². The Balaban J connectivity index is 1.96. The highest BCUT2D eigenvalue weighted by Crippen LogP contribution is 2.47. The van der Waals surface area contributed by atoms with Crippen LogP contribution in [0.15, 0.2) is 24.3 Å². The summed E-state index contributed by atoms with van der Waals surface area (Å²) in [5.74, 6) is -0.300. The summed E-state index contributed by atoms with van der Waals surface area (Å²) in [5, 5.41) is 21.2. The summed E-state index contributed by atoms with van der Waals surface area (Å²) >= 11 is 6.11. The number of rotatable bonds is 4. The van der Waals surface area contributed by atoms with Crippen LogP contribution in [-0.4, -0.2) is 31.3 Å². The van der Waals surface area contributed by atoms with E-state index in [9.17, 15) is 9.90 Å². The number of tetrazole rings is 1. The van der Waals surface area contributed by atoms with Crippen molar-refractivity contribution in [3.8, 4) is 11.4 Å². The average molecular weight is 279 g/mol. The number of hydrogen-bond donors (Lipinski definition) is 1. The highest BCUT2D eigenvalue weighted by atomic mass is 35.5. The van der Waals surface area contributed by atoms with Crippen molar-refractivity contribution in [1.29, 1.82) is 0 Å². The Morgan fingerprint density at radius 1 is 1.42 bits per heavy atom. The summed E-state index contributed by atoms with van der Waals surface area (Å²) in [4.78, 5) is 11.2. The van der Waals surface area contributed by atoms with Crippen LogP contribution in [0.3, 0.4) is 0 Å². The first-order valence-corrected chi connectivity index (χ1v) is 6.25. The molecule has 6 nitrogen and oxygen atoms in total. The molecule has 7 heteroatoms. The Morgan fingerprint density at radius 3 is 2.79 bits per heavy atom. The predicted molar refractivity (Wildman–Crippen MR) is 67.6 cm³/mol. The molecule has 0 amide bonds. The zero-order chi connectivity index (χ0) is 13.5. The average Bonchev–Trinajstić information content (AvgIpc) is 3.03. The molecule has 0 saturated heterocycles. The van der Waals surface area contributed by atoms with Crippen LogP contribution in [0.5, 0.6) is 0 Å². The maximum Gasteiger partial charge on any atom is 0.311 e. The molecular formula is C12H11ClN4O2. The van der Waals surface area contributed by atoms with E-state index in [1.165, 1.54) is 4.68 Å². The van der Waals surface area contributed by atoms with Gasteiger partial charge in [0.15, 0.2) is 5.82 Å². The van der Waals surface area contributed by atoms with Gasteiger partial charge in [0.1, 0.15) is 0 Å². The molecule has 0 atom stereocenters. The second-order valence-electron chi connectivity index (χ2n) is 4.73. The Labute approximate surface area is 114 Å². The number of carbonyl (C=O) groups is 1. The lowest BCUT2D eigenvalue weighted by Crippen LogP contribution is -2.22. The van der Waals surface area contributed by atoms with E-state index in [1.807, 2.05) is 18.2 Å². The lowest BCUT2D eigenvalue weighted by Gasteiger charge is -2.11. The smallest absolute Gasteiger partial charge is 0.311 e. The molecule has 2 aromatic rings. The van der Waals surface area contributed by atoms with Crippen molar-refractivity contribution in [2.45, 2.75) is 19.4 Å². The molecule has 0 spiro atoms. The normalized spacial score (nSPS) is 16.3. The lowest BCUT2D eigenvalue weighted by atomic mass is 10.1. The van der Waals surface area contributed by atoms with E-state index in [1.54, 1.807) is 6.07 Å². The van der Waals surface area contributed by atoms with Gasteiger partial charge in [-0.25, -0.2) is 4.68 Å². The van der Waals surface area contributed by atoms with Crippen molar-refractivity contribution < 1.29 is 9.90 Å². The van der Waals surface area contributed by atoms with Crippen LogP contribution < -0.4 is 0 Å². The molecule has 19 heavy (non-hydrogen) atoms. The molecule has 0 bridgehead atoms. The predicted octanol–water partition coefficient (Wildman–Crippen LogP) is 1.86. The summed E-state index contributed by atoms with van der Waals surface area (Å²) in [6, 6.07) is 7.22. The Bertz CT molecular complexity index is 636. The SMILES string of the molecule is O=C(O)C1(Cn2nnnc2-c2ccccc2Cl)CC1. The van der Waals surface area contributed by atoms with Crippen molar-refractivity contribution in [3.05, 3.63) is 29.3 Å². The van der Waals surface area contributed by atoms with Gasteiger partial charge >= 0.3 is 5.97 Å². The van der Waals surface area contributed by atoms with Crippen molar-refractivity contribution in [1.82, 2.24) is 20.2 Å². The summed E-state index contributed by atoms with van der Waals surface area (Å²) in [6.07, 6.45) is 1.31. The third kappa shape index (κ3) is 2.08. The molecule has 1 aliphatic carbocycles. The van der Waals surface area contributed by atoms with Gasteiger partial charge in [0.25, 0.3) is 0 Å². The molecule has 1 heterocycles. The van der Waals surface area contributed by atoms with E-state index < -0.39 is 11.4 Å². The second kappa shape index (κ2) is 4.31. The molecule has 1 aromatic heterocycles. The molecule has 1 N–H and O–H groups in total. The molecule has 1 saturated carbocycles. The third-order valence-electron chi connectivity index (χ3n) is 3.41. The number of aliphatic carboxylic acids is 1. The van der Waals surface area contributed by atoms with Crippen LogP contribution >= 0.6 is 11.6 Å². The minimum absolute atomic E-state index is 0.274. The van der Waals surface area contributed by atoms with Crippen LogP contribution in [0.2, 0.25) is 5.02 Å². The highest BCUT2D eigenvalue weighted by molar-refractivity contribution is 6.33. The molecule has 98 valence electrons. The minimum Gasteiger partial charge on any atom is -0.481 e. The molecule has 0 unspecified atom stereocenters. The van der Waals surface area contributed by atoms with Crippen molar-refractivity contribution in [2.75, 3.05) is 0 Å². The van der Waals surface area contributed by atoms with Gasteiger partial charge in [-0.15, -0.1) is 5.10 Å². The van der Waals surface area contributed by atoms with E-state index >= 15 is 0 Å². The van der Waals surface area contributed by atoms with Gasteiger partial charge in [-0.3, -0.25) is 4.79 Å². The topological polar surface area (TPSA) is 80.9 Å². The zero-order valence-corrected chi connectivity index (χ0v) is 10.7. The molecule has 3 rings (SSSR count).